The van der Waals surface area contributed by atoms with Crippen LogP contribution in [0.4, 0.5) is 0 Å². The molecule has 1 fully saturated rings. The molecule has 1 heterocycles. The fraction of sp³-hybridized carbons (Fsp3) is 0.471. The molecule has 4 heteroatoms. The summed E-state index contributed by atoms with van der Waals surface area (Å²) in [6.07, 6.45) is 2.47. The van der Waals surface area contributed by atoms with E-state index in [1.54, 1.807) is 0 Å². The van der Waals surface area contributed by atoms with Crippen molar-refractivity contribution in [1.82, 2.24) is 9.80 Å². The molecule has 1 amide bonds. The molecular formula is C17H24N2O2. The average Bonchev–Trinajstić information content (AvgIpc) is 2.73. The highest BCUT2D eigenvalue weighted by molar-refractivity contribution is 5.81. The van der Waals surface area contributed by atoms with E-state index in [4.69, 9.17) is 4.74 Å². The van der Waals surface area contributed by atoms with E-state index in [-0.39, 0.29) is 5.91 Å². The van der Waals surface area contributed by atoms with Crippen molar-refractivity contribution in [3.8, 4) is 5.75 Å². The molecule has 0 aromatic heterocycles. The van der Waals surface area contributed by atoms with E-state index in [2.05, 4.69) is 11.5 Å². The van der Waals surface area contributed by atoms with Gasteiger partial charge in [-0.3, -0.25) is 9.69 Å². The quantitative estimate of drug-likeness (QED) is 0.779. The van der Waals surface area contributed by atoms with E-state index in [1.807, 2.05) is 48.2 Å². The van der Waals surface area contributed by atoms with Crippen LogP contribution >= 0.6 is 0 Å². The Morgan fingerprint density at radius 1 is 1.29 bits per heavy atom. The van der Waals surface area contributed by atoms with Crippen LogP contribution in [0.1, 0.15) is 13.3 Å². The van der Waals surface area contributed by atoms with Crippen molar-refractivity contribution in [3.63, 3.8) is 0 Å². The van der Waals surface area contributed by atoms with Crippen LogP contribution in [0.2, 0.25) is 0 Å². The first kappa shape index (κ1) is 15.6. The molecule has 0 N–H and O–H groups in total. The summed E-state index contributed by atoms with van der Waals surface area (Å²) < 4.78 is 5.72. The van der Waals surface area contributed by atoms with E-state index in [0.717, 1.165) is 44.9 Å². The van der Waals surface area contributed by atoms with Crippen molar-refractivity contribution in [2.45, 2.75) is 19.4 Å². The first-order valence-corrected chi connectivity index (χ1v) is 7.54. The van der Waals surface area contributed by atoms with E-state index < -0.39 is 6.10 Å². The molecule has 1 atom stereocenters. The van der Waals surface area contributed by atoms with Gasteiger partial charge in [0.2, 0.25) is 0 Å². The van der Waals surface area contributed by atoms with Gasteiger partial charge in [-0.25, -0.2) is 0 Å². The Labute approximate surface area is 127 Å². The van der Waals surface area contributed by atoms with Gasteiger partial charge in [-0.2, -0.15) is 0 Å². The average molecular weight is 288 g/mol. The molecule has 0 aliphatic carbocycles. The first-order chi connectivity index (χ1) is 10.2. The second kappa shape index (κ2) is 7.84. The first-order valence-electron chi connectivity index (χ1n) is 7.54. The van der Waals surface area contributed by atoms with Gasteiger partial charge >= 0.3 is 0 Å². The van der Waals surface area contributed by atoms with Crippen LogP contribution < -0.4 is 4.74 Å². The zero-order valence-corrected chi connectivity index (χ0v) is 12.7. The summed E-state index contributed by atoms with van der Waals surface area (Å²) in [6, 6.07) is 9.50. The fourth-order valence-corrected chi connectivity index (χ4v) is 2.57. The number of hydrogen-bond acceptors (Lipinski definition) is 3. The highest BCUT2D eigenvalue weighted by Crippen LogP contribution is 2.13. The summed E-state index contributed by atoms with van der Waals surface area (Å²) in [6.45, 7) is 9.96. The van der Waals surface area contributed by atoms with E-state index in [0.29, 0.717) is 0 Å². The lowest BCUT2D eigenvalue weighted by Crippen LogP contribution is -2.42. The third kappa shape index (κ3) is 4.60. The molecule has 1 saturated heterocycles. The highest BCUT2D eigenvalue weighted by Gasteiger charge is 2.24. The summed E-state index contributed by atoms with van der Waals surface area (Å²) in [4.78, 5) is 16.7. The number of nitrogens with zero attached hydrogens (tertiary/aromatic N) is 2. The molecule has 1 unspecified atom stereocenters. The Kier molecular flexibility index (Phi) is 5.81. The molecular weight excluding hydrogens is 264 g/mol. The Morgan fingerprint density at radius 2 is 2.05 bits per heavy atom. The maximum atomic E-state index is 12.5. The van der Waals surface area contributed by atoms with Crippen molar-refractivity contribution in [2.24, 2.45) is 0 Å². The summed E-state index contributed by atoms with van der Waals surface area (Å²) in [5.41, 5.74) is 0. The Hall–Kier alpha value is -1.81. The number of ether oxygens (including phenoxy) is 1. The van der Waals surface area contributed by atoms with Gasteiger partial charge in [0.05, 0.1) is 0 Å². The van der Waals surface area contributed by atoms with Gasteiger partial charge < -0.3 is 9.64 Å². The standard InChI is InChI=1S/C17H24N2O2/c1-3-10-18-11-7-12-19(14-13-18)17(20)15(2)21-16-8-5-4-6-9-16/h3-6,8-9,15H,1,7,10-14H2,2H3. The Morgan fingerprint density at radius 3 is 2.76 bits per heavy atom. The maximum absolute atomic E-state index is 12.5. The fourth-order valence-electron chi connectivity index (χ4n) is 2.57. The molecule has 0 radical (unpaired) electrons. The Balaban J connectivity index is 1.88. The number of benzene rings is 1. The summed E-state index contributed by atoms with van der Waals surface area (Å²) in [5, 5.41) is 0. The lowest BCUT2D eigenvalue weighted by atomic mass is 10.3. The zero-order chi connectivity index (χ0) is 15.1. The van der Waals surface area contributed by atoms with Crippen LogP contribution in [0.15, 0.2) is 43.0 Å². The molecule has 114 valence electrons. The SMILES string of the molecule is C=CCN1CCCN(C(=O)C(C)Oc2ccccc2)CC1. The van der Waals surface area contributed by atoms with Crippen molar-refractivity contribution in [2.75, 3.05) is 32.7 Å². The third-order valence-electron chi connectivity index (χ3n) is 3.69. The summed E-state index contributed by atoms with van der Waals surface area (Å²) in [7, 11) is 0. The van der Waals surface area contributed by atoms with Crippen LogP contribution in [0.25, 0.3) is 0 Å². The summed E-state index contributed by atoms with van der Waals surface area (Å²) >= 11 is 0. The lowest BCUT2D eigenvalue weighted by Gasteiger charge is -2.25. The lowest BCUT2D eigenvalue weighted by molar-refractivity contribution is -0.137. The number of amides is 1. The maximum Gasteiger partial charge on any atom is 0.263 e. The van der Waals surface area contributed by atoms with Gasteiger partial charge in [0.25, 0.3) is 5.91 Å². The van der Waals surface area contributed by atoms with Gasteiger partial charge in [0.15, 0.2) is 6.10 Å². The van der Waals surface area contributed by atoms with Crippen LogP contribution in [0, 0.1) is 0 Å². The molecule has 1 aliphatic heterocycles. The van der Waals surface area contributed by atoms with Crippen LogP contribution in [0.5, 0.6) is 5.75 Å². The zero-order valence-electron chi connectivity index (χ0n) is 12.7. The van der Waals surface area contributed by atoms with E-state index in [9.17, 15) is 4.79 Å². The molecule has 0 bridgehead atoms. The summed E-state index contributed by atoms with van der Waals surface area (Å²) in [5.74, 6) is 0.806. The van der Waals surface area contributed by atoms with E-state index >= 15 is 0 Å². The second-order valence-corrected chi connectivity index (χ2v) is 5.34. The molecule has 2 rings (SSSR count). The van der Waals surface area contributed by atoms with Crippen molar-refractivity contribution in [1.29, 1.82) is 0 Å². The van der Waals surface area contributed by atoms with Crippen molar-refractivity contribution in [3.05, 3.63) is 43.0 Å². The topological polar surface area (TPSA) is 32.8 Å². The normalized spacial score (nSPS) is 17.9. The number of carbonyl (C=O) groups is 1. The molecule has 0 spiro atoms. The molecule has 1 aromatic rings. The molecule has 1 aromatic carbocycles. The second-order valence-electron chi connectivity index (χ2n) is 5.34. The number of carbonyl (C=O) groups excluding carboxylic acids is 1. The van der Waals surface area contributed by atoms with Gasteiger partial charge in [0, 0.05) is 32.7 Å². The van der Waals surface area contributed by atoms with Crippen LogP contribution in [-0.2, 0) is 4.79 Å². The smallest absolute Gasteiger partial charge is 0.263 e. The van der Waals surface area contributed by atoms with Crippen LogP contribution in [-0.4, -0.2) is 54.5 Å². The molecule has 21 heavy (non-hydrogen) atoms. The largest absolute Gasteiger partial charge is 0.481 e. The van der Waals surface area contributed by atoms with Gasteiger partial charge in [-0.15, -0.1) is 6.58 Å². The van der Waals surface area contributed by atoms with Crippen molar-refractivity contribution < 1.29 is 9.53 Å². The number of para-hydroxylation sites is 1. The molecule has 4 nitrogen and oxygen atoms in total. The minimum absolute atomic E-state index is 0.0688. The minimum Gasteiger partial charge on any atom is -0.481 e. The molecule has 1 aliphatic rings. The minimum atomic E-state index is -0.446. The van der Waals surface area contributed by atoms with Crippen molar-refractivity contribution >= 4 is 5.91 Å². The highest BCUT2D eigenvalue weighted by atomic mass is 16.5. The predicted molar refractivity (Wildman–Crippen MR) is 84.4 cm³/mol. The third-order valence-corrected chi connectivity index (χ3v) is 3.69. The van der Waals surface area contributed by atoms with Gasteiger partial charge in [0.1, 0.15) is 5.75 Å². The van der Waals surface area contributed by atoms with Gasteiger partial charge in [-0.05, 0) is 25.5 Å². The van der Waals surface area contributed by atoms with Gasteiger partial charge in [-0.1, -0.05) is 24.3 Å². The Bertz CT molecular complexity index is 461. The monoisotopic (exact) mass is 288 g/mol. The van der Waals surface area contributed by atoms with E-state index in [1.165, 1.54) is 0 Å². The molecule has 0 saturated carbocycles. The predicted octanol–water partition coefficient (Wildman–Crippen LogP) is 2.17. The number of rotatable bonds is 5. The number of hydrogen-bond donors (Lipinski definition) is 0. The van der Waals surface area contributed by atoms with Crippen LogP contribution in [0.3, 0.4) is 0 Å².